The van der Waals surface area contributed by atoms with Gasteiger partial charge in [-0.2, -0.15) is 0 Å². The summed E-state index contributed by atoms with van der Waals surface area (Å²) in [4.78, 5) is 0. The van der Waals surface area contributed by atoms with Gasteiger partial charge in [0.25, 0.3) is 0 Å². The molecule has 0 N–H and O–H groups in total. The summed E-state index contributed by atoms with van der Waals surface area (Å²) >= 11 is 0. The van der Waals surface area contributed by atoms with Crippen LogP contribution in [-0.2, 0) is 0 Å². The first-order valence-corrected chi connectivity index (χ1v) is 6.73. The van der Waals surface area contributed by atoms with E-state index in [-0.39, 0.29) is 6.67 Å². The average molecular weight is 210 g/mol. The fourth-order valence-electron chi connectivity index (χ4n) is 0.783. The molecule has 0 amide bonds. The molecule has 0 saturated heterocycles. The maximum absolute atomic E-state index is 12.1. The Bertz CT molecular complexity index is 105. The molecule has 0 aromatic rings. The number of hydrogen-bond acceptors (Lipinski definition) is 2. The number of alkyl halides is 1. The van der Waals surface area contributed by atoms with E-state index in [1.165, 1.54) is 0 Å². The summed E-state index contributed by atoms with van der Waals surface area (Å²) < 4.78 is 12.1. The Labute approximate surface area is 83.5 Å². The molecule has 12 heavy (non-hydrogen) atoms. The van der Waals surface area contributed by atoms with Crippen LogP contribution >= 0.6 is 21.6 Å². The third-order valence-corrected chi connectivity index (χ3v) is 5.26. The molecule has 0 bridgehead atoms. The van der Waals surface area contributed by atoms with Crippen molar-refractivity contribution in [2.45, 2.75) is 44.6 Å². The molecule has 0 radical (unpaired) electrons. The van der Waals surface area contributed by atoms with Crippen LogP contribution in [0.4, 0.5) is 4.39 Å². The Hall–Kier alpha value is 0.630. The maximum Gasteiger partial charge on any atom is 0.0905 e. The Kier molecular flexibility index (Phi) is 7.45. The monoisotopic (exact) mass is 210 g/mol. The van der Waals surface area contributed by atoms with Crippen molar-refractivity contribution in [3.05, 3.63) is 0 Å². The summed E-state index contributed by atoms with van der Waals surface area (Å²) in [6.45, 7) is 8.48. The van der Waals surface area contributed by atoms with E-state index in [1.807, 2.05) is 21.6 Å². The van der Waals surface area contributed by atoms with Gasteiger partial charge in [-0.1, -0.05) is 49.3 Å². The molecule has 0 aliphatic carbocycles. The highest BCUT2D eigenvalue weighted by Gasteiger charge is 2.14. The topological polar surface area (TPSA) is 0 Å². The van der Waals surface area contributed by atoms with Crippen LogP contribution in [0.3, 0.4) is 0 Å². The van der Waals surface area contributed by atoms with Gasteiger partial charge in [0.05, 0.1) is 6.67 Å². The second-order valence-corrected chi connectivity index (χ2v) is 6.59. The van der Waals surface area contributed by atoms with E-state index in [1.54, 1.807) is 0 Å². The second kappa shape index (κ2) is 7.07. The Morgan fingerprint density at radius 3 is 2.00 bits per heavy atom. The molecule has 0 aliphatic rings. The van der Waals surface area contributed by atoms with Gasteiger partial charge >= 0.3 is 0 Å². The van der Waals surface area contributed by atoms with E-state index in [4.69, 9.17) is 0 Å². The van der Waals surface area contributed by atoms with E-state index >= 15 is 0 Å². The van der Waals surface area contributed by atoms with Crippen molar-refractivity contribution in [1.29, 1.82) is 0 Å². The largest absolute Gasteiger partial charge is 0.251 e. The fourth-order valence-corrected chi connectivity index (χ4v) is 3.61. The van der Waals surface area contributed by atoms with Gasteiger partial charge in [-0.15, -0.1) is 0 Å². The molecule has 74 valence electrons. The van der Waals surface area contributed by atoms with Crippen LogP contribution in [0, 0.1) is 5.92 Å². The van der Waals surface area contributed by atoms with Crippen molar-refractivity contribution in [3.8, 4) is 0 Å². The van der Waals surface area contributed by atoms with Gasteiger partial charge in [-0.25, -0.2) is 0 Å². The lowest BCUT2D eigenvalue weighted by molar-refractivity contribution is 0.438. The summed E-state index contributed by atoms with van der Waals surface area (Å²) in [6, 6.07) is 0. The molecule has 0 aromatic heterocycles. The zero-order chi connectivity index (χ0) is 9.56. The molecule has 1 atom stereocenters. The van der Waals surface area contributed by atoms with Crippen LogP contribution in [0.25, 0.3) is 0 Å². The molecule has 0 aromatic carbocycles. The fraction of sp³-hybridized carbons (Fsp3) is 1.00. The van der Waals surface area contributed by atoms with Gasteiger partial charge < -0.3 is 0 Å². The first-order valence-electron chi connectivity index (χ1n) is 4.46. The predicted octanol–water partition coefficient (Wildman–Crippen LogP) is 4.16. The van der Waals surface area contributed by atoms with Crippen molar-refractivity contribution in [2.24, 2.45) is 5.92 Å². The van der Waals surface area contributed by atoms with E-state index < -0.39 is 0 Å². The van der Waals surface area contributed by atoms with Crippen molar-refractivity contribution in [3.63, 3.8) is 0 Å². The first-order chi connectivity index (χ1) is 5.57. The molecule has 0 spiro atoms. The summed E-state index contributed by atoms with van der Waals surface area (Å²) in [6.07, 6.45) is 0.696. The average Bonchev–Trinajstić information content (AvgIpc) is 1.96. The van der Waals surface area contributed by atoms with Crippen LogP contribution in [0.1, 0.15) is 34.1 Å². The maximum atomic E-state index is 12.1. The lowest BCUT2D eigenvalue weighted by Gasteiger charge is -2.18. The zero-order valence-electron chi connectivity index (χ0n) is 8.34. The third-order valence-electron chi connectivity index (χ3n) is 1.51. The van der Waals surface area contributed by atoms with Crippen molar-refractivity contribution >= 4 is 21.6 Å². The van der Waals surface area contributed by atoms with E-state index in [0.717, 1.165) is 0 Å². The minimum atomic E-state index is -0.186. The molecule has 0 heterocycles. The summed E-state index contributed by atoms with van der Waals surface area (Å²) in [5.74, 6) is 0.581. The highest BCUT2D eigenvalue weighted by atomic mass is 33.1. The quantitative estimate of drug-likeness (QED) is 0.604. The van der Waals surface area contributed by atoms with E-state index in [9.17, 15) is 4.39 Å². The number of halogens is 1. The Balaban J connectivity index is 3.63. The lowest BCUT2D eigenvalue weighted by Crippen LogP contribution is -2.11. The molecule has 0 rings (SSSR count). The van der Waals surface area contributed by atoms with Crippen molar-refractivity contribution in [2.75, 3.05) is 6.67 Å². The van der Waals surface area contributed by atoms with Crippen LogP contribution in [0.5, 0.6) is 0 Å². The molecular weight excluding hydrogens is 191 g/mol. The number of hydrogen-bond donors (Lipinski definition) is 0. The summed E-state index contributed by atoms with van der Waals surface area (Å²) in [5.41, 5.74) is 0. The SMILES string of the molecule is CC(C)SSC(CCF)C(C)C. The minimum absolute atomic E-state index is 0.186. The van der Waals surface area contributed by atoms with Crippen molar-refractivity contribution < 1.29 is 4.39 Å². The normalized spacial score (nSPS) is 14.2. The predicted molar refractivity (Wildman–Crippen MR) is 59.5 cm³/mol. The zero-order valence-corrected chi connectivity index (χ0v) is 9.97. The molecule has 0 aliphatic heterocycles. The van der Waals surface area contributed by atoms with Crippen LogP contribution in [0.2, 0.25) is 0 Å². The minimum Gasteiger partial charge on any atom is -0.251 e. The van der Waals surface area contributed by atoms with E-state index in [0.29, 0.717) is 22.8 Å². The summed E-state index contributed by atoms with van der Waals surface area (Å²) in [7, 11) is 3.70. The highest BCUT2D eigenvalue weighted by Crippen LogP contribution is 2.35. The Morgan fingerprint density at radius 2 is 1.67 bits per heavy atom. The summed E-state index contributed by atoms with van der Waals surface area (Å²) in [5, 5.41) is 1.11. The van der Waals surface area contributed by atoms with Crippen LogP contribution in [-0.4, -0.2) is 17.2 Å². The van der Waals surface area contributed by atoms with E-state index in [2.05, 4.69) is 27.7 Å². The molecule has 1 unspecified atom stereocenters. The molecule has 0 nitrogen and oxygen atoms in total. The molecular formula is C9H19FS2. The Morgan fingerprint density at radius 1 is 1.08 bits per heavy atom. The molecule has 0 fully saturated rings. The van der Waals surface area contributed by atoms with Gasteiger partial charge in [0.15, 0.2) is 0 Å². The van der Waals surface area contributed by atoms with Gasteiger partial charge in [0.2, 0.25) is 0 Å². The molecule has 3 heteroatoms. The van der Waals surface area contributed by atoms with Crippen LogP contribution < -0.4 is 0 Å². The number of rotatable bonds is 6. The van der Waals surface area contributed by atoms with Gasteiger partial charge in [0.1, 0.15) is 0 Å². The van der Waals surface area contributed by atoms with Gasteiger partial charge in [-0.3, -0.25) is 4.39 Å². The molecule has 0 saturated carbocycles. The lowest BCUT2D eigenvalue weighted by atomic mass is 10.1. The standard InChI is InChI=1S/C9H19FS2/c1-7(2)9(5-6-10)12-11-8(3)4/h7-9H,5-6H2,1-4H3. The smallest absolute Gasteiger partial charge is 0.0905 e. The van der Waals surface area contributed by atoms with Crippen LogP contribution in [0.15, 0.2) is 0 Å². The highest BCUT2D eigenvalue weighted by molar-refractivity contribution is 8.77. The van der Waals surface area contributed by atoms with Gasteiger partial charge in [0, 0.05) is 10.5 Å². The third kappa shape index (κ3) is 6.18. The van der Waals surface area contributed by atoms with Crippen molar-refractivity contribution in [1.82, 2.24) is 0 Å². The first kappa shape index (κ1) is 12.6. The second-order valence-electron chi connectivity index (χ2n) is 3.50. The van der Waals surface area contributed by atoms with Gasteiger partial charge in [-0.05, 0) is 12.3 Å².